The van der Waals surface area contributed by atoms with E-state index in [-0.39, 0.29) is 18.5 Å². The Morgan fingerprint density at radius 1 is 1.07 bits per heavy atom. The van der Waals surface area contributed by atoms with Crippen LogP contribution in [0.1, 0.15) is 37.4 Å². The first-order valence-corrected chi connectivity index (χ1v) is 11.2. The highest BCUT2D eigenvalue weighted by molar-refractivity contribution is 7.92. The monoisotopic (exact) mass is 404 g/mol. The lowest BCUT2D eigenvalue weighted by Gasteiger charge is -2.24. The van der Waals surface area contributed by atoms with Gasteiger partial charge in [-0.15, -0.1) is 0 Å². The smallest absolute Gasteiger partial charge is 0.241 e. The number of rotatable bonds is 9. The molecule has 0 aromatic heterocycles. The molecule has 0 unspecified atom stereocenters. The van der Waals surface area contributed by atoms with E-state index < -0.39 is 10.0 Å². The van der Waals surface area contributed by atoms with Crippen LogP contribution in [0.4, 0.5) is 5.69 Å². The molecule has 0 fully saturated rings. The summed E-state index contributed by atoms with van der Waals surface area (Å²) in [6.07, 6.45) is 1.80. The maximum absolute atomic E-state index is 12.6. The van der Waals surface area contributed by atoms with E-state index in [2.05, 4.69) is 5.32 Å². The Morgan fingerprint density at radius 2 is 1.68 bits per heavy atom. The van der Waals surface area contributed by atoms with Crippen molar-refractivity contribution in [2.75, 3.05) is 23.7 Å². The molecule has 0 saturated heterocycles. The number of carbonyl (C=O) groups excluding carboxylic acids is 1. The van der Waals surface area contributed by atoms with E-state index in [1.807, 2.05) is 45.0 Å². The molecule has 0 spiro atoms. The Kier molecular flexibility index (Phi) is 7.45. The number of aryl methyl sites for hydroxylation is 1. The van der Waals surface area contributed by atoms with Gasteiger partial charge in [-0.05, 0) is 50.1 Å². The largest absolute Gasteiger partial charge is 0.494 e. The fourth-order valence-corrected chi connectivity index (χ4v) is 3.72. The average molecular weight is 405 g/mol. The van der Waals surface area contributed by atoms with Gasteiger partial charge >= 0.3 is 0 Å². The lowest BCUT2D eigenvalue weighted by molar-refractivity contribution is -0.120. The molecule has 6 nitrogen and oxygen atoms in total. The Labute approximate surface area is 167 Å². The van der Waals surface area contributed by atoms with Crippen LogP contribution in [0.3, 0.4) is 0 Å². The van der Waals surface area contributed by atoms with Crippen molar-refractivity contribution < 1.29 is 17.9 Å². The normalized spacial score (nSPS) is 12.3. The summed E-state index contributed by atoms with van der Waals surface area (Å²) in [5.41, 5.74) is 2.56. The third-order valence-corrected chi connectivity index (χ3v) is 5.49. The van der Waals surface area contributed by atoms with Crippen molar-refractivity contribution in [2.24, 2.45) is 0 Å². The van der Waals surface area contributed by atoms with Gasteiger partial charge in [0.05, 0.1) is 24.6 Å². The highest BCUT2D eigenvalue weighted by atomic mass is 32.2. The Balaban J connectivity index is 2.15. The van der Waals surface area contributed by atoms with Crippen LogP contribution in [0.2, 0.25) is 0 Å². The molecular weight excluding hydrogens is 376 g/mol. The van der Waals surface area contributed by atoms with Crippen molar-refractivity contribution in [3.63, 3.8) is 0 Å². The second-order valence-electron chi connectivity index (χ2n) is 6.64. The minimum atomic E-state index is -3.62. The molecule has 1 atom stereocenters. The van der Waals surface area contributed by atoms with Crippen LogP contribution in [0.25, 0.3) is 0 Å². The Hall–Kier alpha value is -2.54. The summed E-state index contributed by atoms with van der Waals surface area (Å²) < 4.78 is 31.0. The Bertz CT molecular complexity index is 878. The third kappa shape index (κ3) is 5.99. The van der Waals surface area contributed by atoms with E-state index in [1.165, 1.54) is 0 Å². The van der Waals surface area contributed by atoms with Crippen LogP contribution >= 0.6 is 0 Å². The summed E-state index contributed by atoms with van der Waals surface area (Å²) in [5, 5.41) is 2.94. The molecule has 0 aliphatic carbocycles. The molecule has 1 N–H and O–H groups in total. The third-order valence-electron chi connectivity index (χ3n) is 4.35. The quantitative estimate of drug-likeness (QED) is 0.695. The summed E-state index contributed by atoms with van der Waals surface area (Å²) in [6, 6.07) is 14.4. The molecule has 0 bridgehead atoms. The number of amides is 1. The topological polar surface area (TPSA) is 75.7 Å². The zero-order valence-electron chi connectivity index (χ0n) is 16.8. The minimum Gasteiger partial charge on any atom is -0.494 e. The van der Waals surface area contributed by atoms with E-state index in [0.29, 0.717) is 24.5 Å². The molecule has 7 heteroatoms. The van der Waals surface area contributed by atoms with Crippen LogP contribution in [0, 0.1) is 6.92 Å². The van der Waals surface area contributed by atoms with E-state index >= 15 is 0 Å². The maximum atomic E-state index is 12.6. The van der Waals surface area contributed by atoms with Gasteiger partial charge in [0.1, 0.15) is 12.3 Å². The van der Waals surface area contributed by atoms with E-state index in [0.717, 1.165) is 21.7 Å². The highest BCUT2D eigenvalue weighted by Crippen LogP contribution is 2.22. The summed E-state index contributed by atoms with van der Waals surface area (Å²) in [5.74, 6) is 0.293. The second kappa shape index (κ2) is 9.59. The predicted octanol–water partition coefficient (Wildman–Crippen LogP) is 3.43. The molecule has 0 saturated carbocycles. The van der Waals surface area contributed by atoms with Crippen molar-refractivity contribution >= 4 is 21.6 Å². The summed E-state index contributed by atoms with van der Waals surface area (Å²) in [7, 11) is -3.62. The molecule has 2 aromatic carbocycles. The fourth-order valence-electron chi connectivity index (χ4n) is 2.87. The maximum Gasteiger partial charge on any atom is 0.241 e. The fraction of sp³-hybridized carbons (Fsp3) is 0.381. The van der Waals surface area contributed by atoms with Crippen molar-refractivity contribution in [2.45, 2.75) is 33.2 Å². The lowest BCUT2D eigenvalue weighted by atomic mass is 10.0. The van der Waals surface area contributed by atoms with Crippen molar-refractivity contribution in [3.05, 3.63) is 59.7 Å². The van der Waals surface area contributed by atoms with Crippen molar-refractivity contribution in [3.8, 4) is 5.75 Å². The van der Waals surface area contributed by atoms with E-state index in [1.54, 1.807) is 24.3 Å². The SMILES string of the molecule is CCOc1ccc(N(CC(=O)N[C@H](CC)c2ccc(C)cc2)S(C)(=O)=O)cc1. The molecule has 0 aliphatic heterocycles. The molecule has 0 radical (unpaired) electrons. The van der Waals surface area contributed by atoms with Gasteiger partial charge in [-0.3, -0.25) is 9.10 Å². The molecular formula is C21H28N2O4S. The Morgan fingerprint density at radius 3 is 2.18 bits per heavy atom. The second-order valence-corrected chi connectivity index (χ2v) is 8.54. The number of hydrogen-bond acceptors (Lipinski definition) is 4. The number of ether oxygens (including phenoxy) is 1. The van der Waals surface area contributed by atoms with Crippen LogP contribution in [-0.4, -0.2) is 33.7 Å². The number of nitrogens with zero attached hydrogens (tertiary/aromatic N) is 1. The van der Waals surface area contributed by atoms with E-state index in [9.17, 15) is 13.2 Å². The highest BCUT2D eigenvalue weighted by Gasteiger charge is 2.22. The van der Waals surface area contributed by atoms with Gasteiger partial charge in [-0.2, -0.15) is 0 Å². The standard InChI is InChI=1S/C21H28N2O4S/c1-5-20(17-9-7-16(3)8-10-17)22-21(24)15-23(28(4,25)26)18-11-13-19(14-12-18)27-6-2/h7-14,20H,5-6,15H2,1-4H3,(H,22,24)/t20-/m1/s1. The lowest BCUT2D eigenvalue weighted by Crippen LogP contribution is -2.41. The summed E-state index contributed by atoms with van der Waals surface area (Å²) in [6.45, 7) is 6.10. The molecule has 2 aromatic rings. The van der Waals surface area contributed by atoms with Gasteiger partial charge in [0.2, 0.25) is 15.9 Å². The first kappa shape index (κ1) is 21.8. The molecule has 0 heterocycles. The zero-order valence-corrected chi connectivity index (χ0v) is 17.6. The van der Waals surface area contributed by atoms with Crippen molar-refractivity contribution in [1.29, 1.82) is 0 Å². The molecule has 2 rings (SSSR count). The summed E-state index contributed by atoms with van der Waals surface area (Å²) >= 11 is 0. The van der Waals surface area contributed by atoms with Crippen LogP contribution < -0.4 is 14.4 Å². The number of benzene rings is 2. The van der Waals surface area contributed by atoms with Gasteiger partial charge in [0.15, 0.2) is 0 Å². The minimum absolute atomic E-state index is 0.171. The first-order valence-electron chi connectivity index (χ1n) is 9.31. The zero-order chi connectivity index (χ0) is 20.7. The van der Waals surface area contributed by atoms with Gasteiger partial charge in [-0.1, -0.05) is 36.8 Å². The summed E-state index contributed by atoms with van der Waals surface area (Å²) in [4.78, 5) is 12.6. The van der Waals surface area contributed by atoms with E-state index in [4.69, 9.17) is 4.74 Å². The van der Waals surface area contributed by atoms with Gasteiger partial charge in [0, 0.05) is 0 Å². The number of anilines is 1. The van der Waals surface area contributed by atoms with Crippen LogP contribution in [0.15, 0.2) is 48.5 Å². The van der Waals surface area contributed by atoms with Crippen LogP contribution in [-0.2, 0) is 14.8 Å². The average Bonchev–Trinajstić information content (AvgIpc) is 2.65. The number of hydrogen-bond donors (Lipinski definition) is 1. The molecule has 28 heavy (non-hydrogen) atoms. The van der Waals surface area contributed by atoms with Gasteiger partial charge < -0.3 is 10.1 Å². The molecule has 0 aliphatic rings. The number of carbonyl (C=O) groups is 1. The van der Waals surface area contributed by atoms with Crippen molar-refractivity contribution in [1.82, 2.24) is 5.32 Å². The molecule has 152 valence electrons. The van der Waals surface area contributed by atoms with Gasteiger partial charge in [-0.25, -0.2) is 8.42 Å². The number of nitrogens with one attached hydrogen (secondary N) is 1. The first-order chi connectivity index (χ1) is 13.2. The number of sulfonamides is 1. The predicted molar refractivity (Wildman–Crippen MR) is 112 cm³/mol. The van der Waals surface area contributed by atoms with Gasteiger partial charge in [0.25, 0.3) is 0 Å². The van der Waals surface area contributed by atoms with Crippen LogP contribution in [0.5, 0.6) is 5.75 Å². The molecule has 1 amide bonds.